The molecule has 0 fully saturated rings. The molecule has 2 aromatic rings. The fourth-order valence-corrected chi connectivity index (χ4v) is 2.00. The van der Waals surface area contributed by atoms with E-state index in [1.54, 1.807) is 13.0 Å². The van der Waals surface area contributed by atoms with Crippen LogP contribution in [0.15, 0.2) is 27.5 Å². The van der Waals surface area contributed by atoms with E-state index in [0.717, 1.165) is 11.8 Å². The van der Waals surface area contributed by atoms with Crippen molar-refractivity contribution in [2.24, 2.45) is 0 Å². The van der Waals surface area contributed by atoms with Gasteiger partial charge in [-0.15, -0.1) is 16.9 Å². The third-order valence-corrected chi connectivity index (χ3v) is 3.14. The van der Waals surface area contributed by atoms with Crippen LogP contribution < -0.4 is 11.1 Å². The summed E-state index contributed by atoms with van der Waals surface area (Å²) in [5.41, 5.74) is 5.77. The molecule has 0 spiro atoms. The number of nitrogens with two attached hydrogens (primary N) is 1. The summed E-state index contributed by atoms with van der Waals surface area (Å²) in [5, 5.41) is 9.61. The van der Waals surface area contributed by atoms with Crippen LogP contribution in [0.25, 0.3) is 0 Å². The Kier molecular flexibility index (Phi) is 4.00. The molecular formula is C11H11FN4O2S. The van der Waals surface area contributed by atoms with Crippen LogP contribution in [0.4, 0.5) is 16.1 Å². The zero-order valence-electron chi connectivity index (χ0n) is 10.0. The van der Waals surface area contributed by atoms with E-state index in [0.29, 0.717) is 16.5 Å². The van der Waals surface area contributed by atoms with E-state index in [9.17, 15) is 9.18 Å². The first-order valence-corrected chi connectivity index (χ1v) is 6.31. The summed E-state index contributed by atoms with van der Waals surface area (Å²) < 4.78 is 18.4. The Bertz CT molecular complexity index is 602. The fraction of sp³-hybridized carbons (Fsp3) is 0.182. The number of thioether (sulfide) groups is 1. The summed E-state index contributed by atoms with van der Waals surface area (Å²) in [6.07, 6.45) is 0. The molecule has 1 aromatic heterocycles. The molecule has 3 N–H and O–H groups in total. The number of aromatic nitrogens is 2. The van der Waals surface area contributed by atoms with Gasteiger partial charge in [0.1, 0.15) is 5.82 Å². The molecule has 1 amide bonds. The number of hydrogen-bond acceptors (Lipinski definition) is 6. The van der Waals surface area contributed by atoms with Crippen LogP contribution in [-0.2, 0) is 4.79 Å². The highest BCUT2D eigenvalue weighted by molar-refractivity contribution is 8.00. The minimum atomic E-state index is -0.452. The molecule has 0 aliphatic carbocycles. The summed E-state index contributed by atoms with van der Waals surface area (Å²) in [7, 11) is 0. The molecule has 0 saturated heterocycles. The van der Waals surface area contributed by atoms with Crippen LogP contribution in [-0.4, -0.2) is 21.9 Å². The van der Waals surface area contributed by atoms with Crippen molar-refractivity contribution in [2.75, 3.05) is 16.8 Å². The number of hydrogen-bond donors (Lipinski definition) is 2. The molecule has 0 aliphatic heterocycles. The third kappa shape index (κ3) is 3.68. The second kappa shape index (κ2) is 5.70. The standard InChI is InChI=1S/C11H11FN4O2S/c1-6-15-16-11(18-6)14-10(17)5-19-9-3-2-7(13)4-8(9)12/h2-4H,5,13H2,1H3,(H,14,16,17). The molecule has 0 saturated carbocycles. The van der Waals surface area contributed by atoms with Crippen molar-refractivity contribution < 1.29 is 13.6 Å². The molecule has 2 rings (SSSR count). The number of halogens is 1. The van der Waals surface area contributed by atoms with Gasteiger partial charge in [-0.05, 0) is 18.2 Å². The van der Waals surface area contributed by atoms with Crippen LogP contribution in [0.5, 0.6) is 0 Å². The Morgan fingerprint density at radius 1 is 1.53 bits per heavy atom. The molecular weight excluding hydrogens is 271 g/mol. The Labute approximate surface area is 112 Å². The lowest BCUT2D eigenvalue weighted by Gasteiger charge is -2.03. The van der Waals surface area contributed by atoms with Crippen LogP contribution in [0.2, 0.25) is 0 Å². The Morgan fingerprint density at radius 2 is 2.32 bits per heavy atom. The average Bonchev–Trinajstić information content (AvgIpc) is 2.73. The molecule has 0 unspecified atom stereocenters. The number of carbonyl (C=O) groups is 1. The molecule has 0 bridgehead atoms. The molecule has 0 radical (unpaired) electrons. The van der Waals surface area contributed by atoms with Crippen molar-refractivity contribution in [3.8, 4) is 0 Å². The van der Waals surface area contributed by atoms with Crippen LogP contribution in [0.3, 0.4) is 0 Å². The number of carbonyl (C=O) groups excluding carboxylic acids is 1. The van der Waals surface area contributed by atoms with E-state index in [4.69, 9.17) is 10.2 Å². The van der Waals surface area contributed by atoms with Gasteiger partial charge < -0.3 is 10.2 Å². The van der Waals surface area contributed by atoms with E-state index < -0.39 is 5.82 Å². The van der Waals surface area contributed by atoms with Crippen molar-refractivity contribution in [3.05, 3.63) is 29.9 Å². The van der Waals surface area contributed by atoms with Gasteiger partial charge in [0.15, 0.2) is 0 Å². The first-order valence-electron chi connectivity index (χ1n) is 5.32. The van der Waals surface area contributed by atoms with Crippen molar-refractivity contribution in [2.45, 2.75) is 11.8 Å². The smallest absolute Gasteiger partial charge is 0.322 e. The number of benzene rings is 1. The topological polar surface area (TPSA) is 94.0 Å². The zero-order valence-corrected chi connectivity index (χ0v) is 10.8. The van der Waals surface area contributed by atoms with E-state index in [1.807, 2.05) is 0 Å². The number of anilines is 2. The molecule has 6 nitrogen and oxygen atoms in total. The third-order valence-electron chi connectivity index (χ3n) is 2.09. The highest BCUT2D eigenvalue weighted by Gasteiger charge is 2.10. The maximum absolute atomic E-state index is 13.5. The minimum Gasteiger partial charge on any atom is -0.408 e. The first-order chi connectivity index (χ1) is 9.04. The first kappa shape index (κ1) is 13.3. The van der Waals surface area contributed by atoms with Crippen molar-refractivity contribution >= 4 is 29.4 Å². The average molecular weight is 282 g/mol. The van der Waals surface area contributed by atoms with E-state index in [2.05, 4.69) is 15.5 Å². The number of amides is 1. The van der Waals surface area contributed by atoms with E-state index >= 15 is 0 Å². The van der Waals surface area contributed by atoms with Gasteiger partial charge >= 0.3 is 6.01 Å². The van der Waals surface area contributed by atoms with Crippen LogP contribution >= 0.6 is 11.8 Å². The monoisotopic (exact) mass is 282 g/mol. The molecule has 1 heterocycles. The fourth-order valence-electron chi connectivity index (χ4n) is 1.28. The lowest BCUT2D eigenvalue weighted by Crippen LogP contribution is -2.14. The highest BCUT2D eigenvalue weighted by atomic mass is 32.2. The lowest BCUT2D eigenvalue weighted by molar-refractivity contribution is -0.113. The number of nitrogens with zero attached hydrogens (tertiary/aromatic N) is 2. The Hall–Kier alpha value is -2.09. The summed E-state index contributed by atoms with van der Waals surface area (Å²) in [4.78, 5) is 11.9. The van der Waals surface area contributed by atoms with Gasteiger partial charge in [-0.25, -0.2) is 4.39 Å². The largest absolute Gasteiger partial charge is 0.408 e. The minimum absolute atomic E-state index is 0.0286. The Morgan fingerprint density at radius 3 is 2.95 bits per heavy atom. The Balaban J connectivity index is 1.89. The van der Waals surface area contributed by atoms with Gasteiger partial charge in [0.25, 0.3) is 0 Å². The van der Waals surface area contributed by atoms with E-state index in [1.165, 1.54) is 12.1 Å². The molecule has 100 valence electrons. The SMILES string of the molecule is Cc1nnc(NC(=O)CSc2ccc(N)cc2F)o1. The number of nitrogen functional groups attached to an aromatic ring is 1. The van der Waals surface area contributed by atoms with Gasteiger partial charge in [0.2, 0.25) is 11.8 Å². The molecule has 19 heavy (non-hydrogen) atoms. The maximum atomic E-state index is 13.5. The molecule has 0 atom stereocenters. The second-order valence-corrected chi connectivity index (χ2v) is 4.67. The van der Waals surface area contributed by atoms with Gasteiger partial charge in [-0.2, -0.15) is 0 Å². The second-order valence-electron chi connectivity index (χ2n) is 3.65. The van der Waals surface area contributed by atoms with Crippen molar-refractivity contribution in [1.29, 1.82) is 0 Å². The van der Waals surface area contributed by atoms with Gasteiger partial charge in [0.05, 0.1) is 5.75 Å². The van der Waals surface area contributed by atoms with Crippen molar-refractivity contribution in [1.82, 2.24) is 10.2 Å². The summed E-state index contributed by atoms with van der Waals surface area (Å²) >= 11 is 1.06. The predicted octanol–water partition coefficient (Wildman–Crippen LogP) is 1.83. The lowest BCUT2D eigenvalue weighted by atomic mass is 10.3. The number of aryl methyl sites for hydroxylation is 1. The maximum Gasteiger partial charge on any atom is 0.322 e. The molecule has 8 heteroatoms. The zero-order chi connectivity index (χ0) is 13.8. The summed E-state index contributed by atoms with van der Waals surface area (Å²) in [6.45, 7) is 1.61. The van der Waals surface area contributed by atoms with Gasteiger partial charge in [-0.3, -0.25) is 10.1 Å². The van der Waals surface area contributed by atoms with E-state index in [-0.39, 0.29) is 17.7 Å². The highest BCUT2D eigenvalue weighted by Crippen LogP contribution is 2.23. The number of rotatable bonds is 4. The predicted molar refractivity (Wildman–Crippen MR) is 69.2 cm³/mol. The van der Waals surface area contributed by atoms with Crippen LogP contribution in [0, 0.1) is 12.7 Å². The summed E-state index contributed by atoms with van der Waals surface area (Å²) in [6, 6.07) is 4.34. The normalized spacial score (nSPS) is 10.4. The molecule has 1 aromatic carbocycles. The van der Waals surface area contributed by atoms with Crippen LogP contribution in [0.1, 0.15) is 5.89 Å². The summed E-state index contributed by atoms with van der Waals surface area (Å²) in [5.74, 6) is -0.425. The van der Waals surface area contributed by atoms with Gasteiger partial charge in [0, 0.05) is 17.5 Å². The van der Waals surface area contributed by atoms with Gasteiger partial charge in [-0.1, -0.05) is 5.10 Å². The quantitative estimate of drug-likeness (QED) is 0.656. The molecule has 0 aliphatic rings. The number of nitrogens with one attached hydrogen (secondary N) is 1. The van der Waals surface area contributed by atoms with Crippen molar-refractivity contribution in [3.63, 3.8) is 0 Å².